The molecule has 0 saturated carbocycles. The molecule has 0 atom stereocenters. The Morgan fingerprint density at radius 1 is 1.38 bits per heavy atom. The van der Waals surface area contributed by atoms with Crippen LogP contribution in [-0.2, 0) is 10.1 Å². The molecule has 0 aliphatic carbocycles. The molecule has 0 aromatic rings. The number of hydrogen-bond donors (Lipinski definition) is 0. The molecule has 8 heavy (non-hydrogen) atoms. The first-order chi connectivity index (χ1) is 3.83. The van der Waals surface area contributed by atoms with E-state index in [4.69, 9.17) is 0 Å². The van der Waals surface area contributed by atoms with Gasteiger partial charge >= 0.3 is 49.6 Å². The van der Waals surface area contributed by atoms with Crippen LogP contribution in [0.5, 0.6) is 0 Å². The summed E-state index contributed by atoms with van der Waals surface area (Å²) in [5, 5.41) is 0. The zero-order chi connectivity index (χ0) is 7.41. The summed E-state index contributed by atoms with van der Waals surface area (Å²) in [5.41, 5.74) is 0. The Kier molecular flexibility index (Phi) is 73.8. The van der Waals surface area contributed by atoms with Crippen molar-refractivity contribution in [2.24, 2.45) is 0 Å². The Balaban J connectivity index is -0.0000000483. The van der Waals surface area contributed by atoms with Crippen molar-refractivity contribution in [2.75, 3.05) is 0 Å². The fourth-order valence-electron chi connectivity index (χ4n) is 0. The minimum atomic E-state index is 0.0650. The topological polar surface area (TPSA) is 0 Å². The van der Waals surface area contributed by atoms with E-state index in [1.807, 2.05) is 6.92 Å². The predicted molar refractivity (Wildman–Crippen MR) is 54.7 cm³/mol. The van der Waals surface area contributed by atoms with Gasteiger partial charge in [0.2, 0.25) is 0 Å². The van der Waals surface area contributed by atoms with Crippen molar-refractivity contribution < 1.29 is 10.1 Å². The molecule has 0 spiro atoms. The van der Waals surface area contributed by atoms with E-state index in [2.05, 4.69) is 53.3 Å². The van der Waals surface area contributed by atoms with Crippen LogP contribution in [0.2, 0.25) is 0 Å². The Bertz CT molecular complexity index is 12.4. The van der Waals surface area contributed by atoms with E-state index < -0.39 is 0 Å². The molecule has 50 valence electrons. The van der Waals surface area contributed by atoms with Gasteiger partial charge in [-0.1, -0.05) is 6.92 Å². The van der Waals surface area contributed by atoms with Crippen molar-refractivity contribution in [3.8, 4) is 0 Å². The molecule has 0 amide bonds. The molecule has 0 radical (unpaired) electrons. The second-order valence-corrected chi connectivity index (χ2v) is 24.1. The van der Waals surface area contributed by atoms with E-state index >= 15 is 0 Å². The summed E-state index contributed by atoms with van der Waals surface area (Å²) in [7, 11) is 0.0650. The maximum absolute atomic E-state index is 3.49. The Hall–Kier alpha value is 2.08. The van der Waals surface area contributed by atoms with Gasteiger partial charge in [-0.3, -0.25) is 0 Å². The zero-order valence-corrected chi connectivity index (χ0v) is 12.9. The molecule has 0 saturated heterocycles. The van der Waals surface area contributed by atoms with Crippen LogP contribution in [-0.4, -0.2) is 0 Å². The normalized spacial score (nSPS) is 4.25. The third-order valence-corrected chi connectivity index (χ3v) is 0. The average molecular weight is 391 g/mol. The number of hydrogen-bond acceptors (Lipinski definition) is 0. The Labute approximate surface area is 82.5 Å². The number of halogens is 2. The van der Waals surface area contributed by atoms with Crippen LogP contribution in [0.3, 0.4) is 0 Å². The minimum absolute atomic E-state index is 0.0650. The molecule has 0 rings (SSSR count). The van der Waals surface area contributed by atoms with Crippen LogP contribution in [0.25, 0.3) is 0 Å². The predicted octanol–water partition coefficient (Wildman–Crippen LogP) is 3.84. The Morgan fingerprint density at radius 3 is 1.38 bits per heavy atom. The van der Waals surface area contributed by atoms with Gasteiger partial charge in [-0.15, -0.1) is 0 Å². The van der Waals surface area contributed by atoms with Crippen LogP contribution in [0.4, 0.5) is 0 Å². The van der Waals surface area contributed by atoms with Gasteiger partial charge in [-0.2, -0.15) is 13.3 Å². The van der Waals surface area contributed by atoms with Crippen molar-refractivity contribution in [3.05, 3.63) is 13.8 Å². The van der Waals surface area contributed by atoms with Gasteiger partial charge in [0.25, 0.3) is 0 Å². The quantitative estimate of drug-likeness (QED) is 0.334. The summed E-state index contributed by atoms with van der Waals surface area (Å²) in [6, 6.07) is 0. The van der Waals surface area contributed by atoms with E-state index in [-0.39, 0.29) is 10.1 Å². The summed E-state index contributed by atoms with van der Waals surface area (Å²) in [4.78, 5) is 0. The Morgan fingerprint density at radius 2 is 1.38 bits per heavy atom. The van der Waals surface area contributed by atoms with Crippen molar-refractivity contribution in [1.82, 2.24) is 0 Å². The van der Waals surface area contributed by atoms with Gasteiger partial charge in [0.1, 0.15) is 0 Å². The fourth-order valence-corrected chi connectivity index (χ4v) is 0. The summed E-state index contributed by atoms with van der Waals surface area (Å²) >= 11 is 4.93. The third-order valence-electron chi connectivity index (χ3n) is 0. The molecular weight excluding hydrogens is 379 g/mol. The number of rotatable bonds is 0. The molecular formula is C5H12I2Zn-2. The van der Waals surface area contributed by atoms with Crippen molar-refractivity contribution in [3.63, 3.8) is 0 Å². The summed E-state index contributed by atoms with van der Waals surface area (Å²) in [6.07, 6.45) is 1.00. The van der Waals surface area contributed by atoms with E-state index in [0.717, 1.165) is 6.42 Å². The van der Waals surface area contributed by atoms with Crippen molar-refractivity contribution in [1.29, 1.82) is 0 Å². The van der Waals surface area contributed by atoms with Gasteiger partial charge in [-0.05, 0) is 0 Å². The van der Waals surface area contributed by atoms with E-state index in [9.17, 15) is 0 Å². The molecule has 0 fully saturated rings. The van der Waals surface area contributed by atoms with Crippen LogP contribution in [0.1, 0.15) is 20.3 Å². The first-order valence-electron chi connectivity index (χ1n) is 2.45. The summed E-state index contributed by atoms with van der Waals surface area (Å²) < 4.78 is 0. The van der Waals surface area contributed by atoms with Gasteiger partial charge in [0.05, 0.1) is 0 Å². The van der Waals surface area contributed by atoms with Crippen LogP contribution < -0.4 is 0 Å². The van der Waals surface area contributed by atoms with E-state index in [0.29, 0.717) is 0 Å². The second-order valence-electron chi connectivity index (χ2n) is 0.601. The van der Waals surface area contributed by atoms with Crippen molar-refractivity contribution in [2.45, 2.75) is 20.3 Å². The van der Waals surface area contributed by atoms with E-state index in [1.165, 1.54) is 0 Å². The molecule has 0 aliphatic heterocycles. The van der Waals surface area contributed by atoms with Crippen LogP contribution in [0, 0.1) is 13.8 Å². The van der Waals surface area contributed by atoms with Gasteiger partial charge < -0.3 is 13.8 Å². The molecule has 0 nitrogen and oxygen atoms in total. The van der Waals surface area contributed by atoms with Crippen molar-refractivity contribution >= 4 is 39.5 Å². The average Bonchev–Trinajstić information content (AvgIpc) is 1.75. The maximum atomic E-state index is 3.49. The fraction of sp³-hybridized carbons (Fsp3) is 0.600. The first kappa shape index (κ1) is 16.6. The van der Waals surface area contributed by atoms with Crippen LogP contribution >= 0.6 is 39.5 Å². The molecule has 0 aliphatic rings. The van der Waals surface area contributed by atoms with E-state index in [1.54, 1.807) is 6.92 Å². The van der Waals surface area contributed by atoms with Gasteiger partial charge in [-0.25, -0.2) is 0 Å². The van der Waals surface area contributed by atoms with Gasteiger partial charge in [0.15, 0.2) is 0 Å². The molecule has 0 N–H and O–H groups in total. The summed E-state index contributed by atoms with van der Waals surface area (Å²) in [6.45, 7) is 10.5. The standard InChI is InChI=1S/C3H7.C2H5.2HI.Zn/c1-3-2;1-2;;;/h1,3H2,2H3;1H2,2H3;2*1H;/q2*-1;;;+2/p-2. The molecule has 0 aromatic heterocycles. The summed E-state index contributed by atoms with van der Waals surface area (Å²) in [5.74, 6) is 0. The molecule has 0 bridgehead atoms. The monoisotopic (exact) mass is 390 g/mol. The molecule has 3 heteroatoms. The molecule has 0 aromatic carbocycles. The zero-order valence-electron chi connectivity index (χ0n) is 5.58. The second kappa shape index (κ2) is 35.6. The van der Waals surface area contributed by atoms with Crippen LogP contribution in [0.15, 0.2) is 0 Å². The first-order valence-corrected chi connectivity index (χ1v) is 20.5. The van der Waals surface area contributed by atoms with Gasteiger partial charge in [0, 0.05) is 0 Å². The third kappa shape index (κ3) is 93.4. The molecule has 0 unspecified atom stereocenters. The SMILES string of the molecule is [CH2-]C.[CH2-]CC.[I][Zn][I]. The molecule has 0 heterocycles.